The van der Waals surface area contributed by atoms with Crippen LogP contribution in [0, 0.1) is 5.92 Å². The SMILES string of the molecule is COc1ccc(S(=O)(=O)N2c3ccccc3[C@]34CC(=O)N(Cc5ccccc5)[C@H]3CC[C@@H](C(=O)N3CCOC3=O)[C@H]24)cc1. The summed E-state index contributed by atoms with van der Waals surface area (Å²) in [6.07, 6.45) is 0.115. The van der Waals surface area contributed by atoms with Crippen molar-refractivity contribution >= 4 is 33.6 Å². The number of ether oxygens (including phenoxy) is 2. The van der Waals surface area contributed by atoms with Gasteiger partial charge in [0.2, 0.25) is 11.8 Å². The molecule has 3 amide bonds. The van der Waals surface area contributed by atoms with Gasteiger partial charge in [0.25, 0.3) is 10.0 Å². The number of amides is 3. The normalized spacial score (nSPS) is 26.2. The third-order valence-corrected chi connectivity index (χ3v) is 11.3. The number of likely N-dealkylation sites (tertiary alicyclic amines) is 1. The van der Waals surface area contributed by atoms with Crippen molar-refractivity contribution in [2.24, 2.45) is 5.92 Å². The van der Waals surface area contributed by atoms with Crippen LogP contribution in [0.1, 0.15) is 30.4 Å². The van der Waals surface area contributed by atoms with E-state index in [0.717, 1.165) is 16.0 Å². The summed E-state index contributed by atoms with van der Waals surface area (Å²) in [7, 11) is -2.72. The summed E-state index contributed by atoms with van der Waals surface area (Å²) in [6, 6.07) is 21.8. The Labute approximate surface area is 249 Å². The third-order valence-electron chi connectivity index (χ3n) is 9.45. The first kappa shape index (κ1) is 27.5. The molecule has 3 heterocycles. The lowest BCUT2D eigenvalue weighted by Gasteiger charge is -2.48. The van der Waals surface area contributed by atoms with Crippen LogP contribution in [0.4, 0.5) is 10.5 Å². The standard InChI is InChI=1S/C32H31N3O7S/c1-41-22-11-13-23(14-12-22)43(39,40)35-26-10-6-5-9-25(26)32-19-28(36)34(20-21-7-3-2-4-8-21)27(32)16-15-24(29(32)35)30(37)33-17-18-42-31(33)38/h2-14,24,27,29H,15-20H2,1H3/t24-,27+,29+,32-/m1/s1. The van der Waals surface area contributed by atoms with Crippen LogP contribution in [0.25, 0.3) is 0 Å². The van der Waals surface area contributed by atoms with Gasteiger partial charge in [0.05, 0.1) is 36.2 Å². The summed E-state index contributed by atoms with van der Waals surface area (Å²) >= 11 is 0. The van der Waals surface area contributed by atoms with Crippen LogP contribution in [0.15, 0.2) is 83.8 Å². The van der Waals surface area contributed by atoms with Gasteiger partial charge in [0.1, 0.15) is 12.4 Å². The van der Waals surface area contributed by atoms with Gasteiger partial charge in [0, 0.05) is 24.4 Å². The number of hydrogen-bond acceptors (Lipinski definition) is 7. The molecule has 10 nitrogen and oxygen atoms in total. The summed E-state index contributed by atoms with van der Waals surface area (Å²) < 4.78 is 40.9. The molecule has 0 aromatic heterocycles. The Morgan fingerprint density at radius 1 is 0.977 bits per heavy atom. The number of nitrogens with zero attached hydrogens (tertiary/aromatic N) is 3. The Morgan fingerprint density at radius 2 is 1.70 bits per heavy atom. The van der Waals surface area contributed by atoms with E-state index in [0.29, 0.717) is 30.8 Å². The Morgan fingerprint density at radius 3 is 2.40 bits per heavy atom. The molecule has 0 radical (unpaired) electrons. The molecule has 1 aliphatic carbocycles. The maximum absolute atomic E-state index is 14.6. The van der Waals surface area contributed by atoms with Gasteiger partial charge in [-0.15, -0.1) is 0 Å². The number of hydrogen-bond donors (Lipinski definition) is 0. The van der Waals surface area contributed by atoms with Crippen molar-refractivity contribution in [1.29, 1.82) is 0 Å². The summed E-state index contributed by atoms with van der Waals surface area (Å²) in [6.45, 7) is 0.574. The van der Waals surface area contributed by atoms with Crippen LogP contribution in [-0.4, -0.2) is 68.5 Å². The average Bonchev–Trinajstić information content (AvgIpc) is 3.67. The van der Waals surface area contributed by atoms with Gasteiger partial charge in [-0.1, -0.05) is 48.5 Å². The molecule has 11 heteroatoms. The second-order valence-corrected chi connectivity index (χ2v) is 13.3. The van der Waals surface area contributed by atoms with E-state index in [1.807, 2.05) is 47.4 Å². The lowest BCUT2D eigenvalue weighted by Crippen LogP contribution is -2.62. The van der Waals surface area contributed by atoms with E-state index in [4.69, 9.17) is 9.47 Å². The Balaban J connectivity index is 1.40. The van der Waals surface area contributed by atoms with Crippen molar-refractivity contribution in [3.05, 3.63) is 90.0 Å². The van der Waals surface area contributed by atoms with Crippen LogP contribution >= 0.6 is 0 Å². The number of imide groups is 1. The summed E-state index contributed by atoms with van der Waals surface area (Å²) in [5.74, 6) is -0.923. The van der Waals surface area contributed by atoms with E-state index in [1.54, 1.807) is 24.3 Å². The molecule has 0 bridgehead atoms. The minimum absolute atomic E-state index is 0.0412. The lowest BCUT2D eigenvalue weighted by atomic mass is 9.61. The number of fused-ring (bicyclic) bond motifs is 1. The van der Waals surface area contributed by atoms with Gasteiger partial charge in [0.15, 0.2) is 0 Å². The van der Waals surface area contributed by atoms with Gasteiger partial charge in [-0.05, 0) is 54.3 Å². The largest absolute Gasteiger partial charge is 0.497 e. The van der Waals surface area contributed by atoms with E-state index in [1.165, 1.54) is 23.5 Å². The molecule has 43 heavy (non-hydrogen) atoms. The van der Waals surface area contributed by atoms with Crippen LogP contribution < -0.4 is 9.04 Å². The molecule has 3 aromatic carbocycles. The number of anilines is 1. The van der Waals surface area contributed by atoms with Gasteiger partial charge in [-0.25, -0.2) is 18.1 Å². The number of rotatable bonds is 6. The quantitative estimate of drug-likeness (QED) is 0.423. The summed E-state index contributed by atoms with van der Waals surface area (Å²) in [5.41, 5.74) is 1.15. The van der Waals surface area contributed by atoms with Crippen molar-refractivity contribution in [2.75, 3.05) is 24.6 Å². The highest BCUT2D eigenvalue weighted by atomic mass is 32.2. The highest BCUT2D eigenvalue weighted by molar-refractivity contribution is 7.93. The maximum Gasteiger partial charge on any atom is 0.416 e. The molecular weight excluding hydrogens is 570 g/mol. The van der Waals surface area contributed by atoms with Gasteiger partial charge in [-0.3, -0.25) is 13.9 Å². The first-order valence-electron chi connectivity index (χ1n) is 14.4. The second-order valence-electron chi connectivity index (χ2n) is 11.5. The molecule has 4 aliphatic rings. The van der Waals surface area contributed by atoms with Gasteiger partial charge < -0.3 is 14.4 Å². The van der Waals surface area contributed by atoms with Crippen molar-refractivity contribution < 1.29 is 32.3 Å². The first-order valence-corrected chi connectivity index (χ1v) is 15.8. The van der Waals surface area contributed by atoms with Crippen molar-refractivity contribution in [3.63, 3.8) is 0 Å². The minimum Gasteiger partial charge on any atom is -0.497 e. The number of sulfonamides is 1. The van der Waals surface area contributed by atoms with Crippen molar-refractivity contribution in [2.45, 2.75) is 48.2 Å². The molecule has 222 valence electrons. The molecule has 3 aliphatic heterocycles. The minimum atomic E-state index is -4.23. The molecule has 2 saturated heterocycles. The fourth-order valence-corrected chi connectivity index (χ4v) is 9.44. The van der Waals surface area contributed by atoms with Gasteiger partial charge >= 0.3 is 6.09 Å². The zero-order chi connectivity index (χ0) is 29.9. The molecule has 1 saturated carbocycles. The Kier molecular flexibility index (Phi) is 6.46. The van der Waals surface area contributed by atoms with E-state index in [2.05, 4.69) is 0 Å². The number of methoxy groups -OCH3 is 1. The Bertz CT molecular complexity index is 1710. The predicted octanol–water partition coefficient (Wildman–Crippen LogP) is 3.70. The average molecular weight is 602 g/mol. The van der Waals surface area contributed by atoms with E-state index < -0.39 is 39.4 Å². The molecule has 0 N–H and O–H groups in total. The lowest BCUT2D eigenvalue weighted by molar-refractivity contribution is -0.134. The number of cyclic esters (lactones) is 1. The number of carbonyl (C=O) groups is 3. The molecular formula is C32H31N3O7S. The molecule has 0 unspecified atom stereocenters. The van der Waals surface area contributed by atoms with Crippen LogP contribution in [-0.2, 0) is 36.3 Å². The summed E-state index contributed by atoms with van der Waals surface area (Å²) in [5, 5.41) is 0. The van der Waals surface area contributed by atoms with Crippen LogP contribution in [0.2, 0.25) is 0 Å². The maximum atomic E-state index is 14.6. The zero-order valence-electron chi connectivity index (χ0n) is 23.6. The van der Waals surface area contributed by atoms with Crippen LogP contribution in [0.3, 0.4) is 0 Å². The topological polar surface area (TPSA) is 114 Å². The van der Waals surface area contributed by atoms with Crippen LogP contribution in [0.5, 0.6) is 5.75 Å². The fraction of sp³-hybridized carbons (Fsp3) is 0.344. The van der Waals surface area contributed by atoms with Gasteiger partial charge in [-0.2, -0.15) is 0 Å². The highest BCUT2D eigenvalue weighted by Crippen LogP contribution is 2.61. The molecule has 7 rings (SSSR count). The van der Waals surface area contributed by atoms with Crippen molar-refractivity contribution in [3.8, 4) is 5.75 Å². The first-order chi connectivity index (χ1) is 20.8. The zero-order valence-corrected chi connectivity index (χ0v) is 24.4. The molecule has 4 atom stereocenters. The van der Waals surface area contributed by atoms with Crippen molar-refractivity contribution in [1.82, 2.24) is 9.80 Å². The molecule has 3 fully saturated rings. The monoisotopic (exact) mass is 601 g/mol. The molecule has 1 spiro atoms. The fourth-order valence-electron chi connectivity index (χ4n) is 7.68. The number of carbonyl (C=O) groups excluding carboxylic acids is 3. The van der Waals surface area contributed by atoms with E-state index in [9.17, 15) is 22.8 Å². The highest BCUT2D eigenvalue weighted by Gasteiger charge is 2.69. The number of para-hydroxylation sites is 1. The Hall–Kier alpha value is -4.38. The third kappa shape index (κ3) is 4.05. The predicted molar refractivity (Wildman–Crippen MR) is 156 cm³/mol. The molecule has 3 aromatic rings. The number of benzene rings is 3. The second kappa shape index (κ2) is 10.1. The van der Waals surface area contributed by atoms with E-state index in [-0.39, 0.29) is 36.4 Å². The smallest absolute Gasteiger partial charge is 0.416 e. The van der Waals surface area contributed by atoms with E-state index >= 15 is 0 Å². The summed E-state index contributed by atoms with van der Waals surface area (Å²) in [4.78, 5) is 43.6.